The minimum Gasteiger partial charge on any atom is -0.357 e. The third-order valence-corrected chi connectivity index (χ3v) is 3.01. The van der Waals surface area contributed by atoms with Crippen LogP contribution in [0.3, 0.4) is 0 Å². The number of hydrogen-bond donors (Lipinski definition) is 2. The van der Waals surface area contributed by atoms with Crippen molar-refractivity contribution in [3.8, 4) is 0 Å². The summed E-state index contributed by atoms with van der Waals surface area (Å²) in [6.45, 7) is 12.2. The van der Waals surface area contributed by atoms with Gasteiger partial charge in [-0.1, -0.05) is 0 Å². The molecule has 3 nitrogen and oxygen atoms in total. The number of hydrogen-bond acceptors (Lipinski definition) is 2. The lowest BCUT2D eigenvalue weighted by Gasteiger charge is -2.23. The predicted octanol–water partition coefficient (Wildman–Crippen LogP) is 3.53. The number of aryl methyl sites for hydroxylation is 1. The molecule has 1 rings (SSSR count). The highest BCUT2D eigenvalue weighted by Gasteiger charge is 2.11. The Morgan fingerprint density at radius 2 is 2.00 bits per heavy atom. The van der Waals surface area contributed by atoms with Crippen LogP contribution >= 0.6 is 35.3 Å². The van der Waals surface area contributed by atoms with Crippen LogP contribution in [0, 0.1) is 6.92 Å². The number of nitrogens with one attached hydrogen (secondary N) is 2. The van der Waals surface area contributed by atoms with Crippen LogP contribution in [0.2, 0.25) is 0 Å². The van der Waals surface area contributed by atoms with Gasteiger partial charge in [0, 0.05) is 21.8 Å². The van der Waals surface area contributed by atoms with Gasteiger partial charge in [0.15, 0.2) is 5.96 Å². The van der Waals surface area contributed by atoms with Crippen LogP contribution in [0.25, 0.3) is 0 Å². The summed E-state index contributed by atoms with van der Waals surface area (Å²) in [6.07, 6.45) is 0. The van der Waals surface area contributed by atoms with Crippen molar-refractivity contribution in [3.63, 3.8) is 0 Å². The van der Waals surface area contributed by atoms with Crippen molar-refractivity contribution in [3.05, 3.63) is 21.9 Å². The van der Waals surface area contributed by atoms with E-state index in [0.717, 1.165) is 19.0 Å². The molecule has 0 aliphatic heterocycles. The Labute approximate surface area is 131 Å². The van der Waals surface area contributed by atoms with E-state index in [4.69, 9.17) is 0 Å². The van der Waals surface area contributed by atoms with E-state index >= 15 is 0 Å². The van der Waals surface area contributed by atoms with Crippen molar-refractivity contribution >= 4 is 41.3 Å². The first-order chi connectivity index (χ1) is 7.90. The Morgan fingerprint density at radius 3 is 2.44 bits per heavy atom. The molecule has 0 saturated heterocycles. The van der Waals surface area contributed by atoms with Gasteiger partial charge in [0.1, 0.15) is 0 Å². The molecule has 0 saturated carbocycles. The summed E-state index contributed by atoms with van der Waals surface area (Å²) < 4.78 is 0. The number of rotatable bonds is 3. The monoisotopic (exact) mass is 381 g/mol. The molecule has 0 fully saturated rings. The van der Waals surface area contributed by atoms with Crippen LogP contribution in [0.1, 0.15) is 37.4 Å². The number of thiophene rings is 1. The molecule has 1 aromatic rings. The predicted molar refractivity (Wildman–Crippen MR) is 92.2 cm³/mol. The molecular weight excluding hydrogens is 357 g/mol. The molecule has 2 N–H and O–H groups in total. The molecule has 5 heteroatoms. The minimum atomic E-state index is 0. The topological polar surface area (TPSA) is 36.4 Å². The maximum Gasteiger partial charge on any atom is 0.192 e. The highest BCUT2D eigenvalue weighted by Crippen LogP contribution is 2.15. The summed E-state index contributed by atoms with van der Waals surface area (Å²) in [5.41, 5.74) is 0.0341. The summed E-state index contributed by atoms with van der Waals surface area (Å²) in [7, 11) is 0. The molecular formula is C13H24IN3S. The molecule has 0 amide bonds. The Kier molecular flexibility index (Phi) is 7.86. The van der Waals surface area contributed by atoms with Crippen LogP contribution in [0.5, 0.6) is 0 Å². The van der Waals surface area contributed by atoms with Crippen molar-refractivity contribution in [2.45, 2.75) is 46.7 Å². The van der Waals surface area contributed by atoms with Gasteiger partial charge >= 0.3 is 0 Å². The summed E-state index contributed by atoms with van der Waals surface area (Å²) in [6, 6.07) is 4.28. The number of guanidine groups is 1. The second kappa shape index (κ2) is 7.99. The smallest absolute Gasteiger partial charge is 0.192 e. The quantitative estimate of drug-likeness (QED) is 0.478. The van der Waals surface area contributed by atoms with E-state index in [9.17, 15) is 0 Å². The van der Waals surface area contributed by atoms with Crippen molar-refractivity contribution in [2.24, 2.45) is 4.99 Å². The zero-order valence-corrected chi connectivity index (χ0v) is 15.0. The zero-order chi connectivity index (χ0) is 12.9. The Morgan fingerprint density at radius 1 is 1.33 bits per heavy atom. The SMILES string of the molecule is CCNC(=NCc1ccc(C)s1)NC(C)(C)C.I. The Bertz CT molecular complexity index is 380. The Hall–Kier alpha value is -0.300. The summed E-state index contributed by atoms with van der Waals surface area (Å²) >= 11 is 1.80. The highest BCUT2D eigenvalue weighted by atomic mass is 127. The third-order valence-electron chi connectivity index (χ3n) is 2.03. The van der Waals surface area contributed by atoms with E-state index in [1.54, 1.807) is 11.3 Å². The molecule has 0 atom stereocenters. The molecule has 0 bridgehead atoms. The van der Waals surface area contributed by atoms with Gasteiger partial charge in [0.05, 0.1) is 6.54 Å². The van der Waals surface area contributed by atoms with E-state index in [-0.39, 0.29) is 29.5 Å². The van der Waals surface area contributed by atoms with E-state index in [2.05, 4.69) is 62.4 Å². The zero-order valence-electron chi connectivity index (χ0n) is 11.8. The van der Waals surface area contributed by atoms with Crippen LogP contribution in [-0.4, -0.2) is 18.0 Å². The average Bonchev–Trinajstić information content (AvgIpc) is 2.59. The second-order valence-electron chi connectivity index (χ2n) is 5.08. The molecule has 0 aliphatic carbocycles. The highest BCUT2D eigenvalue weighted by molar-refractivity contribution is 14.0. The van der Waals surface area contributed by atoms with Crippen molar-refractivity contribution < 1.29 is 0 Å². The van der Waals surface area contributed by atoms with E-state index in [0.29, 0.717) is 0 Å². The molecule has 0 aliphatic rings. The summed E-state index contributed by atoms with van der Waals surface area (Å²) in [5, 5.41) is 6.64. The van der Waals surface area contributed by atoms with Gasteiger partial charge in [-0.3, -0.25) is 0 Å². The maximum atomic E-state index is 4.59. The first-order valence-corrected chi connectivity index (χ1v) is 6.84. The molecule has 18 heavy (non-hydrogen) atoms. The Balaban J connectivity index is 0.00000289. The second-order valence-corrected chi connectivity index (χ2v) is 6.45. The van der Waals surface area contributed by atoms with Gasteiger partial charge in [-0.15, -0.1) is 35.3 Å². The van der Waals surface area contributed by atoms with E-state index in [1.165, 1.54) is 9.75 Å². The van der Waals surface area contributed by atoms with Crippen molar-refractivity contribution in [1.29, 1.82) is 0 Å². The molecule has 1 aromatic heterocycles. The molecule has 0 spiro atoms. The van der Waals surface area contributed by atoms with E-state index in [1.807, 2.05) is 0 Å². The first-order valence-electron chi connectivity index (χ1n) is 6.02. The molecule has 0 unspecified atom stereocenters. The lowest BCUT2D eigenvalue weighted by molar-refractivity contribution is 0.501. The first kappa shape index (κ1) is 17.7. The average molecular weight is 381 g/mol. The van der Waals surface area contributed by atoms with Gasteiger partial charge in [-0.2, -0.15) is 0 Å². The largest absolute Gasteiger partial charge is 0.357 e. The van der Waals surface area contributed by atoms with Crippen LogP contribution in [0.15, 0.2) is 17.1 Å². The molecule has 0 radical (unpaired) electrons. The van der Waals surface area contributed by atoms with Crippen molar-refractivity contribution in [1.82, 2.24) is 10.6 Å². The standard InChI is InChI=1S/C13H23N3S.HI/c1-6-14-12(16-13(3,4)5)15-9-11-8-7-10(2)17-11;/h7-8H,6,9H2,1-5H3,(H2,14,15,16);1H. The van der Waals surface area contributed by atoms with Gasteiger partial charge < -0.3 is 10.6 Å². The fraction of sp³-hybridized carbons (Fsp3) is 0.615. The van der Waals surface area contributed by atoms with Gasteiger partial charge in [-0.05, 0) is 46.8 Å². The summed E-state index contributed by atoms with van der Waals surface area (Å²) in [5.74, 6) is 0.881. The number of aliphatic imine (C=N–C) groups is 1. The lowest BCUT2D eigenvalue weighted by atomic mass is 10.1. The molecule has 104 valence electrons. The molecule has 0 aromatic carbocycles. The van der Waals surface area contributed by atoms with Crippen molar-refractivity contribution in [2.75, 3.05) is 6.54 Å². The number of halogens is 1. The third kappa shape index (κ3) is 7.20. The van der Waals surface area contributed by atoms with Crippen LogP contribution in [-0.2, 0) is 6.54 Å². The lowest BCUT2D eigenvalue weighted by Crippen LogP contribution is -2.47. The maximum absolute atomic E-state index is 4.59. The molecule has 1 heterocycles. The fourth-order valence-corrected chi connectivity index (χ4v) is 2.20. The van der Waals surface area contributed by atoms with Gasteiger partial charge in [-0.25, -0.2) is 4.99 Å². The summed E-state index contributed by atoms with van der Waals surface area (Å²) in [4.78, 5) is 7.22. The van der Waals surface area contributed by atoms with Crippen LogP contribution < -0.4 is 10.6 Å². The number of nitrogens with zero attached hydrogens (tertiary/aromatic N) is 1. The van der Waals surface area contributed by atoms with E-state index < -0.39 is 0 Å². The minimum absolute atomic E-state index is 0. The van der Waals surface area contributed by atoms with Gasteiger partial charge in [0.2, 0.25) is 0 Å². The normalized spacial score (nSPS) is 11.9. The van der Waals surface area contributed by atoms with Crippen LogP contribution in [0.4, 0.5) is 0 Å². The van der Waals surface area contributed by atoms with Gasteiger partial charge in [0.25, 0.3) is 0 Å². The fourth-order valence-electron chi connectivity index (χ4n) is 1.39.